The summed E-state index contributed by atoms with van der Waals surface area (Å²) < 4.78 is 41.0. The Morgan fingerprint density at radius 2 is 1.76 bits per heavy atom. The number of morpholine rings is 1. The first-order valence-electron chi connectivity index (χ1n) is 12.8. The average Bonchev–Trinajstić information content (AvgIpc) is 3.69. The van der Waals surface area contributed by atoms with Crippen LogP contribution in [0.25, 0.3) is 20.2 Å². The van der Waals surface area contributed by atoms with Gasteiger partial charge in [-0.1, -0.05) is 6.07 Å². The molecule has 2 aliphatic rings. The van der Waals surface area contributed by atoms with Crippen LogP contribution in [0.2, 0.25) is 0 Å². The molecule has 1 amide bonds. The molecule has 6 rings (SSSR count). The summed E-state index contributed by atoms with van der Waals surface area (Å²) >= 11 is 2.98. The third kappa shape index (κ3) is 5.31. The Labute approximate surface area is 229 Å². The lowest BCUT2D eigenvalue weighted by Crippen LogP contribution is -2.38. The van der Waals surface area contributed by atoms with Gasteiger partial charge in [-0.3, -0.25) is 9.69 Å². The van der Waals surface area contributed by atoms with Crippen molar-refractivity contribution in [2.45, 2.75) is 17.7 Å². The molecule has 38 heavy (non-hydrogen) atoms. The van der Waals surface area contributed by atoms with Gasteiger partial charge in [-0.2, -0.15) is 4.31 Å². The van der Waals surface area contributed by atoms with Gasteiger partial charge < -0.3 is 14.8 Å². The van der Waals surface area contributed by atoms with E-state index in [-0.39, 0.29) is 5.91 Å². The fraction of sp³-hybridized carbons (Fsp3) is 0.370. The number of hydrogen-bond donors (Lipinski definition) is 1. The lowest BCUT2D eigenvalue weighted by atomic mass is 10.1. The zero-order valence-corrected chi connectivity index (χ0v) is 23.3. The summed E-state index contributed by atoms with van der Waals surface area (Å²) in [6, 6.07) is 12.9. The Morgan fingerprint density at radius 1 is 0.974 bits per heavy atom. The summed E-state index contributed by atoms with van der Waals surface area (Å²) in [6.07, 6.45) is 1.79. The number of hydrogen-bond acceptors (Lipinski definition) is 8. The van der Waals surface area contributed by atoms with Crippen molar-refractivity contribution in [2.75, 3.05) is 57.9 Å². The predicted molar refractivity (Wildman–Crippen MR) is 152 cm³/mol. The van der Waals surface area contributed by atoms with Crippen LogP contribution in [0.15, 0.2) is 52.7 Å². The van der Waals surface area contributed by atoms with Crippen molar-refractivity contribution in [3.8, 4) is 5.75 Å². The second-order valence-electron chi connectivity index (χ2n) is 9.48. The normalized spacial score (nSPS) is 17.4. The number of anilines is 1. The van der Waals surface area contributed by atoms with Crippen molar-refractivity contribution >= 4 is 63.8 Å². The number of fused-ring (bicyclic) bond motifs is 2. The summed E-state index contributed by atoms with van der Waals surface area (Å²) in [4.78, 5) is 16.0. The summed E-state index contributed by atoms with van der Waals surface area (Å²) in [5.41, 5.74) is 0.479. The molecular formula is C27H29N3O5S3. The van der Waals surface area contributed by atoms with E-state index in [0.717, 1.165) is 65.9 Å². The number of nitrogens with one attached hydrogen (secondary N) is 1. The Morgan fingerprint density at radius 3 is 2.58 bits per heavy atom. The molecule has 0 radical (unpaired) electrons. The number of carbonyl (C=O) groups is 1. The molecule has 1 N–H and O–H groups in total. The van der Waals surface area contributed by atoms with Crippen molar-refractivity contribution in [1.29, 1.82) is 0 Å². The molecule has 4 heterocycles. The quantitative estimate of drug-likeness (QED) is 0.325. The zero-order valence-electron chi connectivity index (χ0n) is 20.9. The third-order valence-electron chi connectivity index (χ3n) is 7.00. The van der Waals surface area contributed by atoms with Gasteiger partial charge in [-0.05, 0) is 65.4 Å². The zero-order chi connectivity index (χ0) is 26.1. The van der Waals surface area contributed by atoms with Crippen LogP contribution in [-0.2, 0) is 14.8 Å². The number of nitrogens with zero attached hydrogens (tertiary/aromatic N) is 2. The monoisotopic (exact) mass is 571 g/mol. The van der Waals surface area contributed by atoms with Gasteiger partial charge in [-0.25, -0.2) is 8.42 Å². The highest BCUT2D eigenvalue weighted by Gasteiger charge is 2.27. The van der Waals surface area contributed by atoms with E-state index in [0.29, 0.717) is 40.9 Å². The van der Waals surface area contributed by atoms with Crippen molar-refractivity contribution in [2.24, 2.45) is 0 Å². The number of benzene rings is 2. The lowest BCUT2D eigenvalue weighted by molar-refractivity contribution is 0.0322. The molecule has 2 saturated heterocycles. The standard InChI is InChI=1S/C27H29N3O5S3/c31-27(22-15-20-5-14-36-24(20)18-23(22)35-13-10-29-8-11-34-12-9-29)28-26-16-19-3-4-21(17-25(19)37-26)38(32,33)30-6-1-2-7-30/h3-5,14-18H,1-2,6-13H2,(H,28,31). The molecule has 2 aromatic heterocycles. The Hall–Kier alpha value is -2.54. The number of thiophene rings is 2. The molecule has 11 heteroatoms. The molecule has 0 spiro atoms. The van der Waals surface area contributed by atoms with Crippen LogP contribution in [-0.4, -0.2) is 76.1 Å². The van der Waals surface area contributed by atoms with Gasteiger partial charge in [-0.15, -0.1) is 22.7 Å². The average molecular weight is 572 g/mol. The van der Waals surface area contributed by atoms with E-state index in [2.05, 4.69) is 10.2 Å². The summed E-state index contributed by atoms with van der Waals surface area (Å²) in [6.45, 7) is 5.61. The van der Waals surface area contributed by atoms with Gasteiger partial charge >= 0.3 is 0 Å². The maximum absolute atomic E-state index is 13.4. The molecule has 200 valence electrons. The minimum atomic E-state index is -3.50. The van der Waals surface area contributed by atoms with Crippen LogP contribution in [0.1, 0.15) is 23.2 Å². The highest BCUT2D eigenvalue weighted by atomic mass is 32.2. The minimum absolute atomic E-state index is 0.254. The molecule has 0 aliphatic carbocycles. The second-order valence-corrected chi connectivity index (χ2v) is 13.5. The van der Waals surface area contributed by atoms with Gasteiger partial charge in [0.1, 0.15) is 12.4 Å². The van der Waals surface area contributed by atoms with E-state index in [1.807, 2.05) is 35.7 Å². The molecule has 4 aromatic rings. The highest BCUT2D eigenvalue weighted by molar-refractivity contribution is 7.89. The Bertz CT molecular complexity index is 1570. The first-order chi connectivity index (χ1) is 18.5. The number of ether oxygens (including phenoxy) is 2. The number of rotatable bonds is 8. The van der Waals surface area contributed by atoms with Crippen molar-refractivity contribution < 1.29 is 22.7 Å². The third-order valence-corrected chi connectivity index (χ3v) is 10.8. The summed E-state index contributed by atoms with van der Waals surface area (Å²) in [7, 11) is -3.50. The van der Waals surface area contributed by atoms with E-state index in [4.69, 9.17) is 9.47 Å². The second kappa shape index (κ2) is 10.9. The van der Waals surface area contributed by atoms with Crippen molar-refractivity contribution in [1.82, 2.24) is 9.21 Å². The van der Waals surface area contributed by atoms with Crippen LogP contribution in [0.5, 0.6) is 5.75 Å². The van der Waals surface area contributed by atoms with Gasteiger partial charge in [0.05, 0.1) is 28.7 Å². The van der Waals surface area contributed by atoms with Gasteiger partial charge in [0.15, 0.2) is 0 Å². The van der Waals surface area contributed by atoms with Gasteiger partial charge in [0, 0.05) is 42.1 Å². The number of sulfonamides is 1. The molecule has 2 aliphatic heterocycles. The van der Waals surface area contributed by atoms with E-state index >= 15 is 0 Å². The number of carbonyl (C=O) groups excluding carboxylic acids is 1. The topological polar surface area (TPSA) is 88.2 Å². The molecule has 0 bridgehead atoms. The maximum atomic E-state index is 13.4. The lowest BCUT2D eigenvalue weighted by Gasteiger charge is -2.26. The van der Waals surface area contributed by atoms with Gasteiger partial charge in [0.2, 0.25) is 10.0 Å². The molecule has 8 nitrogen and oxygen atoms in total. The van der Waals surface area contributed by atoms with Crippen molar-refractivity contribution in [3.63, 3.8) is 0 Å². The van der Waals surface area contributed by atoms with E-state index in [1.54, 1.807) is 27.8 Å². The smallest absolute Gasteiger partial charge is 0.260 e. The van der Waals surface area contributed by atoms with E-state index < -0.39 is 10.0 Å². The van der Waals surface area contributed by atoms with Crippen LogP contribution >= 0.6 is 22.7 Å². The number of amides is 1. The Kier molecular flexibility index (Phi) is 7.39. The van der Waals surface area contributed by atoms with Crippen LogP contribution in [0.4, 0.5) is 5.00 Å². The summed E-state index contributed by atoms with van der Waals surface area (Å²) in [5, 5.41) is 7.56. The SMILES string of the molecule is O=C(Nc1cc2ccc(S(=O)(=O)N3CCCC3)cc2s1)c1cc2ccsc2cc1OCCN1CCOCC1. The fourth-order valence-electron chi connectivity index (χ4n) is 4.89. The Balaban J connectivity index is 1.21. The minimum Gasteiger partial charge on any atom is -0.491 e. The van der Waals surface area contributed by atoms with Crippen molar-refractivity contribution in [3.05, 3.63) is 53.4 Å². The van der Waals surface area contributed by atoms with Crippen LogP contribution < -0.4 is 10.1 Å². The maximum Gasteiger partial charge on any atom is 0.260 e. The molecular weight excluding hydrogens is 543 g/mol. The highest BCUT2D eigenvalue weighted by Crippen LogP contribution is 2.35. The molecule has 0 saturated carbocycles. The molecule has 0 atom stereocenters. The van der Waals surface area contributed by atoms with Crippen LogP contribution in [0.3, 0.4) is 0 Å². The molecule has 2 fully saturated rings. The molecule has 2 aromatic carbocycles. The fourth-order valence-corrected chi connectivity index (χ4v) is 8.30. The first-order valence-corrected chi connectivity index (χ1v) is 15.9. The molecule has 0 unspecified atom stereocenters. The first kappa shape index (κ1) is 25.7. The van der Waals surface area contributed by atoms with E-state index in [1.165, 1.54) is 11.3 Å². The van der Waals surface area contributed by atoms with Gasteiger partial charge in [0.25, 0.3) is 5.91 Å². The summed E-state index contributed by atoms with van der Waals surface area (Å²) in [5.74, 6) is 0.307. The predicted octanol–water partition coefficient (Wildman–Crippen LogP) is 4.86. The van der Waals surface area contributed by atoms with E-state index in [9.17, 15) is 13.2 Å². The largest absolute Gasteiger partial charge is 0.491 e. The van der Waals surface area contributed by atoms with Crippen LogP contribution in [0, 0.1) is 0 Å².